The molecule has 1 unspecified atom stereocenters. The Kier molecular flexibility index (Phi) is 6.20. The van der Waals surface area contributed by atoms with E-state index in [1.165, 1.54) is 38.8 Å². The number of nitrogens with zero attached hydrogens (tertiary/aromatic N) is 5. The van der Waals surface area contributed by atoms with Crippen molar-refractivity contribution < 1.29 is 23.6 Å². The Morgan fingerprint density at radius 1 is 1.34 bits per heavy atom. The molecule has 0 saturated carbocycles. The summed E-state index contributed by atoms with van der Waals surface area (Å²) in [5.41, 5.74) is 0.237. The summed E-state index contributed by atoms with van der Waals surface area (Å²) in [6, 6.07) is 3.63. The van der Waals surface area contributed by atoms with Crippen molar-refractivity contribution in [1.29, 1.82) is 0 Å². The molecule has 2 amide bonds. The Hall–Kier alpha value is -3.50. The number of carbonyl (C=O) groups is 2. The van der Waals surface area contributed by atoms with Gasteiger partial charge >= 0.3 is 11.9 Å². The van der Waals surface area contributed by atoms with E-state index in [2.05, 4.69) is 4.98 Å². The smallest absolute Gasteiger partial charge is 0.410 e. The van der Waals surface area contributed by atoms with E-state index in [1.807, 2.05) is 0 Å². The van der Waals surface area contributed by atoms with Crippen molar-refractivity contribution in [1.82, 2.24) is 14.5 Å². The highest BCUT2D eigenvalue weighted by atomic mass is 19.1. The number of halogens is 1. The average Bonchev–Trinajstić information content (AvgIpc) is 2.96. The molecule has 0 fully saturated rings. The summed E-state index contributed by atoms with van der Waals surface area (Å²) in [5.74, 6) is -0.982. The third kappa shape index (κ3) is 5.04. The second-order valence-electron chi connectivity index (χ2n) is 8.77. The summed E-state index contributed by atoms with van der Waals surface area (Å²) in [5, 5.41) is 11.0. The first kappa shape index (κ1) is 23.2. The molecule has 10 nitrogen and oxygen atoms in total. The van der Waals surface area contributed by atoms with E-state index in [0.29, 0.717) is 17.1 Å². The van der Waals surface area contributed by atoms with Crippen LogP contribution in [0.4, 0.5) is 20.7 Å². The zero-order chi connectivity index (χ0) is 23.8. The molecule has 0 saturated heterocycles. The molecule has 0 aliphatic carbocycles. The molecule has 172 valence electrons. The number of fused-ring (bicyclic) bond motifs is 1. The molecule has 2 aromatic rings. The van der Waals surface area contributed by atoms with E-state index in [9.17, 15) is 24.1 Å². The van der Waals surface area contributed by atoms with E-state index in [1.54, 1.807) is 34.6 Å². The number of benzene rings is 1. The molecule has 0 bridgehead atoms. The van der Waals surface area contributed by atoms with Crippen molar-refractivity contribution in [2.24, 2.45) is 0 Å². The molecule has 0 radical (unpaired) electrons. The molecule has 0 N–H and O–H groups in total. The molecule has 1 aromatic carbocycles. The lowest BCUT2D eigenvalue weighted by molar-refractivity contribution is -0.389. The SMILES string of the molecule is Cc1nc([N+](=O)[O-])cn1CC(=O)N1CC(C)N(C(=O)OC(C)(C)C)Cc2ccc(F)cc21. The van der Waals surface area contributed by atoms with Crippen LogP contribution in [0, 0.1) is 22.9 Å². The second-order valence-corrected chi connectivity index (χ2v) is 8.77. The normalized spacial score (nSPS) is 16.4. The van der Waals surface area contributed by atoms with Gasteiger partial charge in [0.15, 0.2) is 0 Å². The minimum Gasteiger partial charge on any atom is -0.444 e. The van der Waals surface area contributed by atoms with Gasteiger partial charge in [-0.1, -0.05) is 6.07 Å². The minimum atomic E-state index is -0.697. The predicted molar refractivity (Wildman–Crippen MR) is 114 cm³/mol. The molecule has 32 heavy (non-hydrogen) atoms. The summed E-state index contributed by atoms with van der Waals surface area (Å²) in [6.45, 7) is 8.65. The lowest BCUT2D eigenvalue weighted by Gasteiger charge is -2.31. The maximum Gasteiger partial charge on any atom is 0.410 e. The van der Waals surface area contributed by atoms with Crippen LogP contribution in [0.15, 0.2) is 24.4 Å². The average molecular weight is 447 g/mol. The summed E-state index contributed by atoms with van der Waals surface area (Å²) < 4.78 is 21.0. The highest BCUT2D eigenvalue weighted by Gasteiger charge is 2.34. The number of ether oxygens (including phenoxy) is 1. The van der Waals surface area contributed by atoms with E-state index in [0.717, 1.165) is 0 Å². The van der Waals surface area contributed by atoms with Crippen molar-refractivity contribution in [3.8, 4) is 0 Å². The third-order valence-electron chi connectivity index (χ3n) is 5.04. The molecule has 1 aliphatic rings. The van der Waals surface area contributed by atoms with Gasteiger partial charge in [0.25, 0.3) is 0 Å². The van der Waals surface area contributed by atoms with E-state index in [4.69, 9.17) is 4.74 Å². The maximum atomic E-state index is 14.1. The molecule has 1 aromatic heterocycles. The third-order valence-corrected chi connectivity index (χ3v) is 5.04. The minimum absolute atomic E-state index is 0.102. The number of anilines is 1. The van der Waals surface area contributed by atoms with Gasteiger partial charge < -0.3 is 19.8 Å². The van der Waals surface area contributed by atoms with Gasteiger partial charge in [-0.15, -0.1) is 0 Å². The molecule has 11 heteroatoms. The summed E-state index contributed by atoms with van der Waals surface area (Å²) in [4.78, 5) is 43.1. The van der Waals surface area contributed by atoms with E-state index < -0.39 is 34.4 Å². The van der Waals surface area contributed by atoms with E-state index in [-0.39, 0.29) is 25.5 Å². The number of aromatic nitrogens is 2. The van der Waals surface area contributed by atoms with Crippen LogP contribution in [0.5, 0.6) is 0 Å². The van der Waals surface area contributed by atoms with Crippen LogP contribution < -0.4 is 4.90 Å². The first-order chi connectivity index (χ1) is 14.9. The number of nitro groups is 1. The zero-order valence-electron chi connectivity index (χ0n) is 18.7. The number of imidazole rings is 1. The van der Waals surface area contributed by atoms with Gasteiger partial charge in [-0.25, -0.2) is 9.18 Å². The fourth-order valence-corrected chi connectivity index (χ4v) is 3.49. The fourth-order valence-electron chi connectivity index (χ4n) is 3.49. The predicted octanol–water partition coefficient (Wildman–Crippen LogP) is 3.41. The van der Waals surface area contributed by atoms with Gasteiger partial charge in [0.05, 0.1) is 18.3 Å². The highest BCUT2D eigenvalue weighted by Crippen LogP contribution is 2.30. The Labute approximate surface area is 184 Å². The Balaban J connectivity index is 1.93. The summed E-state index contributed by atoms with van der Waals surface area (Å²) >= 11 is 0. The number of hydrogen-bond donors (Lipinski definition) is 0. The van der Waals surface area contributed by atoms with Crippen LogP contribution >= 0.6 is 0 Å². The van der Waals surface area contributed by atoms with E-state index >= 15 is 0 Å². The van der Waals surface area contributed by atoms with Crippen LogP contribution in [-0.4, -0.2) is 49.6 Å². The number of rotatable bonds is 3. The zero-order valence-corrected chi connectivity index (χ0v) is 18.7. The van der Waals surface area contributed by atoms with Gasteiger partial charge in [-0.3, -0.25) is 14.3 Å². The number of carbonyl (C=O) groups excluding carboxylic acids is 2. The molecule has 3 rings (SSSR count). The molecule has 0 spiro atoms. The number of hydrogen-bond acceptors (Lipinski definition) is 6. The van der Waals surface area contributed by atoms with Gasteiger partial charge in [-0.2, -0.15) is 0 Å². The largest absolute Gasteiger partial charge is 0.444 e. The Morgan fingerprint density at radius 3 is 2.62 bits per heavy atom. The monoisotopic (exact) mass is 447 g/mol. The molecule has 1 aliphatic heterocycles. The Morgan fingerprint density at radius 2 is 2.03 bits per heavy atom. The van der Waals surface area contributed by atoms with Crippen LogP contribution in [-0.2, 0) is 22.6 Å². The van der Waals surface area contributed by atoms with Crippen molar-refractivity contribution in [3.63, 3.8) is 0 Å². The quantitative estimate of drug-likeness (QED) is 0.527. The molecular formula is C21H26FN5O5. The maximum absolute atomic E-state index is 14.1. The molecule has 2 heterocycles. The topological polar surface area (TPSA) is 111 Å². The fraction of sp³-hybridized carbons (Fsp3) is 0.476. The summed E-state index contributed by atoms with van der Waals surface area (Å²) in [7, 11) is 0. The molecular weight excluding hydrogens is 421 g/mol. The van der Waals surface area contributed by atoms with Crippen molar-refractivity contribution >= 4 is 23.5 Å². The second kappa shape index (κ2) is 8.56. The Bertz CT molecular complexity index is 1060. The van der Waals surface area contributed by atoms with Crippen molar-refractivity contribution in [2.45, 2.75) is 59.4 Å². The standard InChI is InChI=1S/C21H26FN5O5/c1-13-9-26(19(28)12-24-11-18(27(30)31)23-14(24)2)17-8-16(22)7-6-15(17)10-25(13)20(29)32-21(3,4)5/h6-8,11,13H,9-10,12H2,1-5H3. The summed E-state index contributed by atoms with van der Waals surface area (Å²) in [6.07, 6.45) is 0.657. The van der Waals surface area contributed by atoms with Crippen LogP contribution in [0.1, 0.15) is 39.1 Å². The van der Waals surface area contributed by atoms with Crippen molar-refractivity contribution in [2.75, 3.05) is 11.4 Å². The molecule has 1 atom stereocenters. The van der Waals surface area contributed by atoms with Crippen LogP contribution in [0.2, 0.25) is 0 Å². The first-order valence-electron chi connectivity index (χ1n) is 10.1. The van der Waals surface area contributed by atoms with Gasteiger partial charge in [-0.05, 0) is 55.3 Å². The van der Waals surface area contributed by atoms with Crippen molar-refractivity contribution in [3.05, 3.63) is 51.7 Å². The highest BCUT2D eigenvalue weighted by molar-refractivity contribution is 5.94. The van der Waals surface area contributed by atoms with Crippen LogP contribution in [0.3, 0.4) is 0 Å². The van der Waals surface area contributed by atoms with Gasteiger partial charge in [0.2, 0.25) is 11.7 Å². The van der Waals surface area contributed by atoms with Crippen LogP contribution in [0.25, 0.3) is 0 Å². The lowest BCUT2D eigenvalue weighted by Crippen LogP contribution is -2.46. The number of aryl methyl sites for hydroxylation is 1. The first-order valence-corrected chi connectivity index (χ1v) is 10.1. The van der Waals surface area contributed by atoms with Gasteiger partial charge in [0, 0.05) is 13.5 Å². The number of amides is 2. The lowest BCUT2D eigenvalue weighted by atomic mass is 10.1. The van der Waals surface area contributed by atoms with Gasteiger partial charge in [0.1, 0.15) is 24.2 Å².